The van der Waals surface area contributed by atoms with Crippen molar-refractivity contribution >= 4 is 11.6 Å². The van der Waals surface area contributed by atoms with Gasteiger partial charge in [0.1, 0.15) is 0 Å². The molecule has 1 N–H and O–H groups in total. The normalized spacial score (nSPS) is 23.3. The van der Waals surface area contributed by atoms with E-state index in [9.17, 15) is 0 Å². The van der Waals surface area contributed by atoms with E-state index in [0.717, 1.165) is 18.7 Å². The zero-order valence-corrected chi connectivity index (χ0v) is 8.18. The van der Waals surface area contributed by atoms with Crippen LogP contribution in [0.1, 0.15) is 25.0 Å². The Bertz CT molecular complexity index is 268. The molecule has 1 saturated heterocycles. The van der Waals surface area contributed by atoms with Crippen molar-refractivity contribution in [1.82, 2.24) is 10.5 Å². The van der Waals surface area contributed by atoms with Crippen LogP contribution in [0, 0.1) is 0 Å². The molecule has 2 heterocycles. The number of nitrogens with zero attached hydrogens (tertiary/aromatic N) is 1. The van der Waals surface area contributed by atoms with E-state index in [-0.39, 0.29) is 0 Å². The average Bonchev–Trinajstić information content (AvgIpc) is 2.53. The number of rotatable bonds is 2. The molecular formula is C9H13ClN2O. The van der Waals surface area contributed by atoms with Gasteiger partial charge in [-0.1, -0.05) is 11.6 Å². The van der Waals surface area contributed by atoms with Crippen LogP contribution in [0.2, 0.25) is 5.22 Å². The van der Waals surface area contributed by atoms with E-state index in [2.05, 4.69) is 10.5 Å². The maximum Gasteiger partial charge on any atom is 0.226 e. The lowest BCUT2D eigenvalue weighted by Crippen LogP contribution is -2.35. The van der Waals surface area contributed by atoms with Gasteiger partial charge in [-0.2, -0.15) is 0 Å². The second-order valence-electron chi connectivity index (χ2n) is 3.47. The highest BCUT2D eigenvalue weighted by molar-refractivity contribution is 6.28. The predicted molar refractivity (Wildman–Crippen MR) is 50.9 cm³/mol. The van der Waals surface area contributed by atoms with Gasteiger partial charge in [0.15, 0.2) is 0 Å². The highest BCUT2D eigenvalue weighted by atomic mass is 35.5. The minimum Gasteiger partial charge on any atom is -0.344 e. The highest BCUT2D eigenvalue weighted by Crippen LogP contribution is 2.15. The summed E-state index contributed by atoms with van der Waals surface area (Å²) in [6.45, 7) is 1.12. The summed E-state index contributed by atoms with van der Waals surface area (Å²) in [5.74, 6) is 0. The van der Waals surface area contributed by atoms with Crippen LogP contribution in [0.3, 0.4) is 0 Å². The van der Waals surface area contributed by atoms with Gasteiger partial charge >= 0.3 is 0 Å². The summed E-state index contributed by atoms with van der Waals surface area (Å²) in [5, 5.41) is 7.70. The monoisotopic (exact) mass is 200 g/mol. The Hall–Kier alpha value is -0.540. The number of nitrogens with one attached hydrogen (secondary N) is 1. The second-order valence-corrected chi connectivity index (χ2v) is 3.85. The van der Waals surface area contributed by atoms with Gasteiger partial charge < -0.3 is 9.84 Å². The molecule has 13 heavy (non-hydrogen) atoms. The number of hydrogen-bond donors (Lipinski definition) is 1. The van der Waals surface area contributed by atoms with Crippen LogP contribution in [-0.4, -0.2) is 17.7 Å². The Morgan fingerprint density at radius 2 is 2.54 bits per heavy atom. The molecule has 1 unspecified atom stereocenters. The summed E-state index contributed by atoms with van der Waals surface area (Å²) < 4.78 is 4.79. The molecule has 1 fully saturated rings. The van der Waals surface area contributed by atoms with Gasteiger partial charge in [-0.3, -0.25) is 0 Å². The van der Waals surface area contributed by atoms with Gasteiger partial charge in [0.25, 0.3) is 0 Å². The number of halogens is 1. The Kier molecular flexibility index (Phi) is 2.86. The summed E-state index contributed by atoms with van der Waals surface area (Å²) in [5.41, 5.74) is 0.949. The molecule has 0 saturated carbocycles. The zero-order chi connectivity index (χ0) is 9.10. The molecule has 2 rings (SSSR count). The SMILES string of the molecule is Clc1cc(CC2CCCCN2)no1. The molecule has 1 aromatic rings. The molecule has 72 valence electrons. The van der Waals surface area contributed by atoms with Gasteiger partial charge in [0.05, 0.1) is 5.69 Å². The molecule has 0 spiro atoms. The van der Waals surface area contributed by atoms with Crippen LogP contribution >= 0.6 is 11.6 Å². The fourth-order valence-electron chi connectivity index (χ4n) is 1.73. The zero-order valence-electron chi connectivity index (χ0n) is 7.42. The van der Waals surface area contributed by atoms with Crippen molar-refractivity contribution in [2.45, 2.75) is 31.7 Å². The lowest BCUT2D eigenvalue weighted by atomic mass is 10.0. The first-order valence-electron chi connectivity index (χ1n) is 4.69. The molecular weight excluding hydrogens is 188 g/mol. The van der Waals surface area contributed by atoms with Gasteiger partial charge in [-0.25, -0.2) is 0 Å². The maximum absolute atomic E-state index is 5.63. The molecule has 0 amide bonds. The van der Waals surface area contributed by atoms with Gasteiger partial charge in [-0.05, 0) is 31.0 Å². The lowest BCUT2D eigenvalue weighted by molar-refractivity contribution is 0.377. The Morgan fingerprint density at radius 3 is 3.15 bits per heavy atom. The van der Waals surface area contributed by atoms with Crippen molar-refractivity contribution in [3.63, 3.8) is 0 Å². The lowest BCUT2D eigenvalue weighted by Gasteiger charge is -2.22. The molecule has 3 nitrogen and oxygen atoms in total. The Morgan fingerprint density at radius 1 is 1.62 bits per heavy atom. The van der Waals surface area contributed by atoms with Crippen molar-refractivity contribution in [2.24, 2.45) is 0 Å². The standard InChI is InChI=1S/C9H13ClN2O/c10-9-6-8(12-13-9)5-7-3-1-2-4-11-7/h6-7,11H,1-5H2. The molecule has 0 bridgehead atoms. The molecule has 1 aliphatic rings. The van der Waals surface area contributed by atoms with Crippen molar-refractivity contribution in [2.75, 3.05) is 6.54 Å². The fourth-order valence-corrected chi connectivity index (χ4v) is 1.89. The van der Waals surface area contributed by atoms with Gasteiger partial charge in [0, 0.05) is 18.5 Å². The van der Waals surface area contributed by atoms with E-state index in [0.29, 0.717) is 11.3 Å². The van der Waals surface area contributed by atoms with Crippen LogP contribution < -0.4 is 5.32 Å². The van der Waals surface area contributed by atoms with E-state index in [1.165, 1.54) is 19.3 Å². The molecule has 0 radical (unpaired) electrons. The molecule has 1 atom stereocenters. The quantitative estimate of drug-likeness (QED) is 0.794. The molecule has 1 aromatic heterocycles. The van der Waals surface area contributed by atoms with Crippen molar-refractivity contribution in [3.05, 3.63) is 17.0 Å². The summed E-state index contributed by atoms with van der Waals surface area (Å²) in [7, 11) is 0. The Balaban J connectivity index is 1.89. The van der Waals surface area contributed by atoms with Crippen LogP contribution in [0.25, 0.3) is 0 Å². The molecule has 0 aliphatic carbocycles. The minimum atomic E-state index is 0.380. The van der Waals surface area contributed by atoms with E-state index in [4.69, 9.17) is 16.1 Å². The minimum absolute atomic E-state index is 0.380. The number of hydrogen-bond acceptors (Lipinski definition) is 3. The fraction of sp³-hybridized carbons (Fsp3) is 0.667. The van der Waals surface area contributed by atoms with Crippen LogP contribution in [0.5, 0.6) is 0 Å². The van der Waals surface area contributed by atoms with Gasteiger partial charge in [0.2, 0.25) is 5.22 Å². The topological polar surface area (TPSA) is 38.1 Å². The van der Waals surface area contributed by atoms with Crippen LogP contribution in [0.4, 0.5) is 0 Å². The van der Waals surface area contributed by atoms with Crippen LogP contribution in [-0.2, 0) is 6.42 Å². The summed E-state index contributed by atoms with van der Waals surface area (Å²) in [4.78, 5) is 0. The summed E-state index contributed by atoms with van der Waals surface area (Å²) in [6.07, 6.45) is 4.75. The summed E-state index contributed by atoms with van der Waals surface area (Å²) in [6, 6.07) is 2.34. The Labute approximate surface area is 82.4 Å². The number of aromatic nitrogens is 1. The first kappa shape index (κ1) is 9.03. The van der Waals surface area contributed by atoms with Gasteiger partial charge in [-0.15, -0.1) is 0 Å². The molecule has 1 aliphatic heterocycles. The summed E-state index contributed by atoms with van der Waals surface area (Å²) >= 11 is 5.63. The first-order chi connectivity index (χ1) is 6.34. The van der Waals surface area contributed by atoms with Crippen LogP contribution in [0.15, 0.2) is 10.6 Å². The van der Waals surface area contributed by atoms with E-state index < -0.39 is 0 Å². The highest BCUT2D eigenvalue weighted by Gasteiger charge is 2.14. The van der Waals surface area contributed by atoms with Crippen molar-refractivity contribution in [3.8, 4) is 0 Å². The third kappa shape index (κ3) is 2.45. The third-order valence-corrected chi connectivity index (χ3v) is 2.58. The average molecular weight is 201 g/mol. The number of piperidine rings is 1. The second kappa shape index (κ2) is 4.11. The maximum atomic E-state index is 5.63. The molecule has 0 aromatic carbocycles. The van der Waals surface area contributed by atoms with E-state index >= 15 is 0 Å². The first-order valence-corrected chi connectivity index (χ1v) is 5.07. The largest absolute Gasteiger partial charge is 0.344 e. The third-order valence-electron chi connectivity index (χ3n) is 2.40. The van der Waals surface area contributed by atoms with E-state index in [1.54, 1.807) is 6.07 Å². The van der Waals surface area contributed by atoms with Crippen molar-refractivity contribution in [1.29, 1.82) is 0 Å². The van der Waals surface area contributed by atoms with Crippen molar-refractivity contribution < 1.29 is 4.52 Å². The smallest absolute Gasteiger partial charge is 0.226 e. The molecule has 4 heteroatoms. The van der Waals surface area contributed by atoms with E-state index in [1.807, 2.05) is 0 Å². The predicted octanol–water partition coefficient (Wildman–Crippen LogP) is 2.01.